The van der Waals surface area contributed by atoms with Crippen LogP contribution in [-0.4, -0.2) is 27.1 Å². The molecule has 1 fully saturated rings. The van der Waals surface area contributed by atoms with E-state index in [0.717, 1.165) is 5.56 Å². The maximum absolute atomic E-state index is 13.3. The van der Waals surface area contributed by atoms with Crippen LogP contribution in [0.3, 0.4) is 0 Å². The Kier molecular flexibility index (Phi) is 6.20. The first-order valence-electron chi connectivity index (χ1n) is 9.51. The summed E-state index contributed by atoms with van der Waals surface area (Å²) >= 11 is 7.02. The molecule has 0 spiro atoms. The molecule has 31 heavy (non-hydrogen) atoms. The number of amides is 1. The smallest absolute Gasteiger partial charge is 0.264 e. The summed E-state index contributed by atoms with van der Waals surface area (Å²) in [5.41, 5.74) is 2.70. The number of thioether (sulfide) groups is 1. The maximum Gasteiger partial charge on any atom is 0.264 e. The number of hydrogen-bond acceptors (Lipinski definition) is 6. The van der Waals surface area contributed by atoms with E-state index in [2.05, 4.69) is 20.3 Å². The molecule has 6 nitrogen and oxygen atoms in total. The molecular weight excluding hydrogens is 439 g/mol. The van der Waals surface area contributed by atoms with Crippen LogP contribution in [0.25, 0.3) is 17.1 Å². The Morgan fingerprint density at radius 3 is 2.90 bits per heavy atom. The molecule has 1 saturated heterocycles. The predicted octanol–water partition coefficient (Wildman–Crippen LogP) is 4.97. The summed E-state index contributed by atoms with van der Waals surface area (Å²) in [4.78, 5) is 26.1. The third-order valence-electron chi connectivity index (χ3n) is 4.25. The molecule has 1 aliphatic heterocycles. The van der Waals surface area contributed by atoms with Crippen LogP contribution in [0.15, 0.2) is 52.5 Å². The van der Waals surface area contributed by atoms with Crippen molar-refractivity contribution in [1.82, 2.24) is 15.3 Å². The summed E-state index contributed by atoms with van der Waals surface area (Å²) in [5, 5.41) is 3.23. The molecule has 0 atom stereocenters. The third kappa shape index (κ3) is 5.03. The number of halogens is 2. The molecule has 2 aromatic heterocycles. The molecule has 0 saturated carbocycles. The Labute approximate surface area is 187 Å². The molecule has 0 radical (unpaired) electrons. The van der Waals surface area contributed by atoms with Crippen molar-refractivity contribution in [3.63, 3.8) is 0 Å². The van der Waals surface area contributed by atoms with E-state index in [1.54, 1.807) is 30.5 Å². The van der Waals surface area contributed by atoms with Gasteiger partial charge in [-0.25, -0.2) is 9.37 Å². The predicted molar refractivity (Wildman–Crippen MR) is 122 cm³/mol. The van der Waals surface area contributed by atoms with Crippen molar-refractivity contribution in [2.45, 2.75) is 26.5 Å². The van der Waals surface area contributed by atoms with E-state index in [1.807, 2.05) is 19.9 Å². The van der Waals surface area contributed by atoms with E-state index in [4.69, 9.17) is 16.3 Å². The minimum atomic E-state index is -0.480. The van der Waals surface area contributed by atoms with Crippen LogP contribution in [0.2, 0.25) is 5.02 Å². The van der Waals surface area contributed by atoms with E-state index in [-0.39, 0.29) is 23.6 Å². The lowest BCUT2D eigenvalue weighted by Gasteiger charge is -2.11. The van der Waals surface area contributed by atoms with Crippen LogP contribution in [0, 0.1) is 5.82 Å². The number of nitrogens with one attached hydrogen (secondary N) is 1. The zero-order valence-electron chi connectivity index (χ0n) is 16.7. The maximum atomic E-state index is 13.3. The number of nitrogens with zero attached hydrogens (tertiary/aromatic N) is 3. The van der Waals surface area contributed by atoms with Crippen molar-refractivity contribution in [3.8, 4) is 5.75 Å². The standard InChI is InChI=1S/C22H18ClFN4O2S/c1-12(2)30-18-7-8-25-17-6-4-14(27-20(17)18)10-19-21(29)28-22(31-19)26-11-13-3-5-16(24)15(23)9-13/h3-10,12H,11H2,1-2H3,(H,26,28,29)/b19-10-. The number of carbonyl (C=O) groups is 1. The van der Waals surface area contributed by atoms with Crippen molar-refractivity contribution in [2.24, 2.45) is 4.99 Å². The van der Waals surface area contributed by atoms with Gasteiger partial charge in [-0.05, 0) is 61.5 Å². The number of aromatic nitrogens is 2. The minimum Gasteiger partial charge on any atom is -0.489 e. The van der Waals surface area contributed by atoms with Crippen LogP contribution in [0.4, 0.5) is 4.39 Å². The highest BCUT2D eigenvalue weighted by molar-refractivity contribution is 8.18. The zero-order valence-corrected chi connectivity index (χ0v) is 18.3. The van der Waals surface area contributed by atoms with Crippen LogP contribution < -0.4 is 10.1 Å². The zero-order chi connectivity index (χ0) is 22.0. The second-order valence-electron chi connectivity index (χ2n) is 7.01. The van der Waals surface area contributed by atoms with Crippen LogP contribution in [0.5, 0.6) is 5.75 Å². The third-order valence-corrected chi connectivity index (χ3v) is 5.49. The average molecular weight is 457 g/mol. The summed E-state index contributed by atoms with van der Waals surface area (Å²) < 4.78 is 19.1. The summed E-state index contributed by atoms with van der Waals surface area (Å²) in [5.74, 6) is -0.0940. The molecule has 1 N–H and O–H groups in total. The summed E-state index contributed by atoms with van der Waals surface area (Å²) in [7, 11) is 0. The molecule has 4 rings (SSSR count). The van der Waals surface area contributed by atoms with E-state index < -0.39 is 5.82 Å². The fourth-order valence-corrected chi connectivity index (χ4v) is 3.89. The fraction of sp³-hybridized carbons (Fsp3) is 0.182. The lowest BCUT2D eigenvalue weighted by molar-refractivity contribution is -0.115. The lowest BCUT2D eigenvalue weighted by Crippen LogP contribution is -2.19. The van der Waals surface area contributed by atoms with Gasteiger partial charge in [0, 0.05) is 12.3 Å². The van der Waals surface area contributed by atoms with Gasteiger partial charge >= 0.3 is 0 Å². The van der Waals surface area contributed by atoms with Crippen molar-refractivity contribution >= 4 is 51.5 Å². The van der Waals surface area contributed by atoms with Gasteiger partial charge in [0.2, 0.25) is 0 Å². The van der Waals surface area contributed by atoms with Crippen molar-refractivity contribution in [1.29, 1.82) is 0 Å². The number of rotatable bonds is 5. The lowest BCUT2D eigenvalue weighted by atomic mass is 10.2. The van der Waals surface area contributed by atoms with E-state index >= 15 is 0 Å². The number of amidine groups is 1. The highest BCUT2D eigenvalue weighted by Gasteiger charge is 2.24. The first kappa shape index (κ1) is 21.3. The number of fused-ring (bicyclic) bond motifs is 1. The number of aliphatic imine (C=N–C) groups is 1. The molecule has 0 unspecified atom stereocenters. The SMILES string of the molecule is CC(C)Oc1ccnc2ccc(/C=C3\SC(=NCc4ccc(F)c(Cl)c4)NC3=O)nc12. The Balaban J connectivity index is 1.55. The van der Waals surface area contributed by atoms with Gasteiger partial charge in [-0.3, -0.25) is 14.8 Å². The van der Waals surface area contributed by atoms with E-state index in [9.17, 15) is 9.18 Å². The fourth-order valence-electron chi connectivity index (χ4n) is 2.88. The number of carbonyl (C=O) groups excluding carboxylic acids is 1. The summed E-state index contributed by atoms with van der Waals surface area (Å²) in [6, 6.07) is 9.82. The van der Waals surface area contributed by atoms with Gasteiger partial charge in [0.1, 0.15) is 17.1 Å². The summed E-state index contributed by atoms with van der Waals surface area (Å²) in [6.07, 6.45) is 3.38. The molecule has 3 heterocycles. The van der Waals surface area contributed by atoms with Gasteiger partial charge in [0.05, 0.1) is 33.8 Å². The molecule has 158 valence electrons. The topological polar surface area (TPSA) is 76.5 Å². The Bertz CT molecular complexity index is 1230. The second kappa shape index (κ2) is 9.03. The van der Waals surface area contributed by atoms with Gasteiger partial charge < -0.3 is 10.1 Å². The van der Waals surface area contributed by atoms with Gasteiger partial charge in [-0.15, -0.1) is 0 Å². The highest BCUT2D eigenvalue weighted by atomic mass is 35.5. The summed E-state index contributed by atoms with van der Waals surface area (Å²) in [6.45, 7) is 4.16. The number of benzene rings is 1. The average Bonchev–Trinajstić information content (AvgIpc) is 3.08. The molecule has 1 aromatic carbocycles. The van der Waals surface area contributed by atoms with E-state index in [0.29, 0.717) is 32.5 Å². The number of hydrogen-bond donors (Lipinski definition) is 1. The Morgan fingerprint density at radius 1 is 1.29 bits per heavy atom. The molecule has 3 aromatic rings. The first-order chi connectivity index (χ1) is 14.9. The highest BCUT2D eigenvalue weighted by Crippen LogP contribution is 2.28. The number of pyridine rings is 2. The quantitative estimate of drug-likeness (QED) is 0.548. The number of ether oxygens (including phenoxy) is 1. The van der Waals surface area contributed by atoms with Crippen molar-refractivity contribution < 1.29 is 13.9 Å². The van der Waals surface area contributed by atoms with E-state index in [1.165, 1.54) is 23.9 Å². The van der Waals surface area contributed by atoms with Crippen molar-refractivity contribution in [3.05, 3.63) is 69.6 Å². The Hall–Kier alpha value is -2.97. The normalized spacial score (nSPS) is 16.5. The minimum absolute atomic E-state index is 0.000310. The molecular formula is C22H18ClFN4O2S. The monoisotopic (exact) mass is 456 g/mol. The molecule has 9 heteroatoms. The van der Waals surface area contributed by atoms with Crippen LogP contribution in [-0.2, 0) is 11.3 Å². The molecule has 0 bridgehead atoms. The first-order valence-corrected chi connectivity index (χ1v) is 10.7. The van der Waals surface area contributed by atoms with Gasteiger partial charge in [-0.2, -0.15) is 0 Å². The van der Waals surface area contributed by atoms with Gasteiger partial charge in [0.15, 0.2) is 5.17 Å². The van der Waals surface area contributed by atoms with Crippen molar-refractivity contribution in [2.75, 3.05) is 0 Å². The largest absolute Gasteiger partial charge is 0.489 e. The molecule has 1 amide bonds. The van der Waals surface area contributed by atoms with Crippen LogP contribution >= 0.6 is 23.4 Å². The second-order valence-corrected chi connectivity index (χ2v) is 8.45. The Morgan fingerprint density at radius 2 is 2.13 bits per heavy atom. The molecule has 0 aliphatic carbocycles. The van der Waals surface area contributed by atoms with Gasteiger partial charge in [-0.1, -0.05) is 17.7 Å². The molecule has 1 aliphatic rings. The van der Waals surface area contributed by atoms with Crippen LogP contribution in [0.1, 0.15) is 25.1 Å². The van der Waals surface area contributed by atoms with Gasteiger partial charge in [0.25, 0.3) is 5.91 Å².